The lowest BCUT2D eigenvalue weighted by Crippen LogP contribution is -2.20. The summed E-state index contributed by atoms with van der Waals surface area (Å²) in [5.41, 5.74) is 1.63. The average Bonchev–Trinajstić information content (AvgIpc) is 2.79. The lowest BCUT2D eigenvalue weighted by molar-refractivity contribution is -0.113. The minimum Gasteiger partial charge on any atom is -0.497 e. The second-order valence-corrected chi connectivity index (χ2v) is 9.56. The number of carbonyl (C=O) groups excluding carboxylic acids is 2. The fraction of sp³-hybridized carbons (Fsp3) is 0.0909. The second-order valence-electron chi connectivity index (χ2n) is 6.86. The number of benzene rings is 3. The van der Waals surface area contributed by atoms with Gasteiger partial charge in [0.1, 0.15) is 5.75 Å². The maximum absolute atomic E-state index is 12.8. The summed E-state index contributed by atoms with van der Waals surface area (Å²) in [7, 11) is -2.34. The Bertz CT molecular complexity index is 1290. The zero-order valence-electron chi connectivity index (χ0n) is 16.9. The van der Waals surface area contributed by atoms with Crippen LogP contribution in [0.4, 0.5) is 17.1 Å². The zero-order valence-corrected chi connectivity index (χ0v) is 18.5. The number of rotatable bonds is 6. The van der Waals surface area contributed by atoms with Crippen molar-refractivity contribution >= 4 is 50.7 Å². The molecule has 1 heterocycles. The number of nitrogens with one attached hydrogen (secondary N) is 3. The molecule has 1 aliphatic heterocycles. The molecule has 0 unspecified atom stereocenters. The van der Waals surface area contributed by atoms with Crippen LogP contribution < -0.4 is 20.1 Å². The van der Waals surface area contributed by atoms with Crippen molar-refractivity contribution < 1.29 is 22.7 Å². The largest absolute Gasteiger partial charge is 0.497 e. The summed E-state index contributed by atoms with van der Waals surface area (Å²) in [6.07, 6.45) is 0. The van der Waals surface area contributed by atoms with Crippen molar-refractivity contribution in [3.8, 4) is 5.75 Å². The Labute approximate surface area is 189 Å². The van der Waals surface area contributed by atoms with Crippen LogP contribution in [0.1, 0.15) is 10.4 Å². The van der Waals surface area contributed by atoms with Crippen LogP contribution >= 0.6 is 11.8 Å². The van der Waals surface area contributed by atoms with Crippen LogP contribution in [0.5, 0.6) is 5.75 Å². The van der Waals surface area contributed by atoms with E-state index >= 15 is 0 Å². The summed E-state index contributed by atoms with van der Waals surface area (Å²) < 4.78 is 33.1. The number of methoxy groups -OCH3 is 1. The first kappa shape index (κ1) is 21.7. The van der Waals surface area contributed by atoms with Gasteiger partial charge >= 0.3 is 0 Å². The first-order chi connectivity index (χ1) is 15.3. The topological polar surface area (TPSA) is 114 Å². The summed E-state index contributed by atoms with van der Waals surface area (Å²) in [6, 6.07) is 17.5. The molecule has 0 bridgehead atoms. The normalized spacial score (nSPS) is 13.0. The molecule has 0 spiro atoms. The molecular weight excluding hydrogens is 450 g/mol. The SMILES string of the molecule is COc1ccc(NS(=O)(=O)c2cccc(NC(=O)c3ccc4c(c3)NC(=O)CS4)c2)cc1. The van der Waals surface area contributed by atoms with Crippen LogP contribution in [-0.4, -0.2) is 33.1 Å². The van der Waals surface area contributed by atoms with Gasteiger partial charge in [0.2, 0.25) is 5.91 Å². The Morgan fingerprint density at radius 3 is 2.56 bits per heavy atom. The smallest absolute Gasteiger partial charge is 0.261 e. The number of thioether (sulfide) groups is 1. The predicted molar refractivity (Wildman–Crippen MR) is 124 cm³/mol. The number of hydrogen-bond acceptors (Lipinski definition) is 6. The van der Waals surface area contributed by atoms with Crippen molar-refractivity contribution in [1.29, 1.82) is 0 Å². The maximum Gasteiger partial charge on any atom is 0.261 e. The van der Waals surface area contributed by atoms with Crippen LogP contribution in [0, 0.1) is 0 Å². The van der Waals surface area contributed by atoms with Gasteiger partial charge in [-0.05, 0) is 60.7 Å². The van der Waals surface area contributed by atoms with Gasteiger partial charge in [0.15, 0.2) is 0 Å². The molecule has 0 saturated carbocycles. The molecule has 2 amide bonds. The molecule has 10 heteroatoms. The molecule has 1 aliphatic rings. The third kappa shape index (κ3) is 4.87. The van der Waals surface area contributed by atoms with Gasteiger partial charge in [0.25, 0.3) is 15.9 Å². The van der Waals surface area contributed by atoms with Gasteiger partial charge in [-0.1, -0.05) is 6.07 Å². The molecule has 164 valence electrons. The Kier molecular flexibility index (Phi) is 6.06. The highest BCUT2D eigenvalue weighted by atomic mass is 32.2. The van der Waals surface area contributed by atoms with E-state index in [-0.39, 0.29) is 10.8 Å². The van der Waals surface area contributed by atoms with Crippen molar-refractivity contribution in [2.75, 3.05) is 28.2 Å². The van der Waals surface area contributed by atoms with Crippen LogP contribution in [0.15, 0.2) is 76.5 Å². The molecule has 3 aromatic carbocycles. The van der Waals surface area contributed by atoms with Gasteiger partial charge in [-0.25, -0.2) is 8.42 Å². The molecule has 0 atom stereocenters. The number of anilines is 3. The summed E-state index contributed by atoms with van der Waals surface area (Å²) in [5, 5.41) is 5.44. The first-order valence-corrected chi connectivity index (χ1v) is 12.0. The minimum atomic E-state index is -3.87. The Morgan fingerprint density at radius 1 is 1.03 bits per heavy atom. The fourth-order valence-corrected chi connectivity index (χ4v) is 4.93. The van der Waals surface area contributed by atoms with Crippen LogP contribution in [0.3, 0.4) is 0 Å². The predicted octanol–water partition coefficient (Wildman–Crippen LogP) is 3.79. The summed E-state index contributed by atoms with van der Waals surface area (Å²) >= 11 is 1.40. The number of fused-ring (bicyclic) bond motifs is 1. The van der Waals surface area contributed by atoms with E-state index in [2.05, 4.69) is 15.4 Å². The Balaban J connectivity index is 1.50. The fourth-order valence-electron chi connectivity index (χ4n) is 3.04. The van der Waals surface area contributed by atoms with Gasteiger partial charge in [0, 0.05) is 21.8 Å². The zero-order chi connectivity index (χ0) is 22.7. The van der Waals surface area contributed by atoms with E-state index in [1.807, 2.05) is 0 Å². The van der Waals surface area contributed by atoms with Crippen molar-refractivity contribution in [2.45, 2.75) is 9.79 Å². The van der Waals surface area contributed by atoms with Crippen molar-refractivity contribution in [3.05, 3.63) is 72.3 Å². The van der Waals surface area contributed by atoms with Crippen LogP contribution in [-0.2, 0) is 14.8 Å². The Hall–Kier alpha value is -3.50. The molecule has 0 radical (unpaired) electrons. The molecule has 0 aliphatic carbocycles. The van der Waals surface area contributed by atoms with Crippen molar-refractivity contribution in [2.24, 2.45) is 0 Å². The van der Waals surface area contributed by atoms with E-state index in [0.717, 1.165) is 4.90 Å². The molecule has 3 aromatic rings. The lowest BCUT2D eigenvalue weighted by atomic mass is 10.1. The molecule has 8 nitrogen and oxygen atoms in total. The van der Waals surface area contributed by atoms with Gasteiger partial charge < -0.3 is 15.4 Å². The maximum atomic E-state index is 12.8. The number of ether oxygens (including phenoxy) is 1. The molecular formula is C22H19N3O5S2. The number of hydrogen-bond donors (Lipinski definition) is 3. The Morgan fingerprint density at radius 2 is 1.81 bits per heavy atom. The highest BCUT2D eigenvalue weighted by Crippen LogP contribution is 2.32. The number of carbonyl (C=O) groups is 2. The van der Waals surface area contributed by atoms with Crippen LogP contribution in [0.25, 0.3) is 0 Å². The highest BCUT2D eigenvalue weighted by Gasteiger charge is 2.19. The third-order valence-corrected chi connectivity index (χ3v) is 7.07. The molecule has 4 rings (SSSR count). The van der Waals surface area contributed by atoms with E-state index in [1.54, 1.807) is 54.6 Å². The standard InChI is InChI=1S/C22H19N3O5S2/c1-30-17-8-6-15(7-9-17)25-32(28,29)18-4-2-3-16(12-18)23-22(27)14-5-10-20-19(11-14)24-21(26)13-31-20/h2-12,25H,13H2,1H3,(H,23,27)(H,24,26). The highest BCUT2D eigenvalue weighted by molar-refractivity contribution is 8.00. The number of amides is 2. The second kappa shape index (κ2) is 8.93. The quantitative estimate of drug-likeness (QED) is 0.506. The third-order valence-electron chi connectivity index (χ3n) is 4.62. The van der Waals surface area contributed by atoms with E-state index in [4.69, 9.17) is 4.74 Å². The number of sulfonamides is 1. The van der Waals surface area contributed by atoms with Gasteiger partial charge in [-0.2, -0.15) is 0 Å². The van der Waals surface area contributed by atoms with E-state index < -0.39 is 15.9 Å². The molecule has 0 saturated heterocycles. The van der Waals surface area contributed by atoms with E-state index in [0.29, 0.717) is 34.1 Å². The van der Waals surface area contributed by atoms with E-state index in [1.165, 1.54) is 31.0 Å². The van der Waals surface area contributed by atoms with Crippen LogP contribution in [0.2, 0.25) is 0 Å². The molecule has 0 fully saturated rings. The van der Waals surface area contributed by atoms with Gasteiger partial charge in [-0.3, -0.25) is 14.3 Å². The molecule has 0 aromatic heterocycles. The van der Waals surface area contributed by atoms with Gasteiger partial charge in [0.05, 0.1) is 23.4 Å². The summed E-state index contributed by atoms with van der Waals surface area (Å²) in [4.78, 5) is 25.2. The summed E-state index contributed by atoms with van der Waals surface area (Å²) in [6.45, 7) is 0. The summed E-state index contributed by atoms with van der Waals surface area (Å²) in [5.74, 6) is 0.403. The monoisotopic (exact) mass is 469 g/mol. The lowest BCUT2D eigenvalue weighted by Gasteiger charge is -2.17. The minimum absolute atomic E-state index is 0.000206. The van der Waals surface area contributed by atoms with Gasteiger partial charge in [-0.15, -0.1) is 11.8 Å². The first-order valence-electron chi connectivity index (χ1n) is 9.49. The molecule has 3 N–H and O–H groups in total. The van der Waals surface area contributed by atoms with Crippen molar-refractivity contribution in [1.82, 2.24) is 0 Å². The average molecular weight is 470 g/mol. The van der Waals surface area contributed by atoms with Crippen molar-refractivity contribution in [3.63, 3.8) is 0 Å². The van der Waals surface area contributed by atoms with E-state index in [9.17, 15) is 18.0 Å². The molecule has 32 heavy (non-hydrogen) atoms.